The normalized spacial score (nSPS) is 10.1. The maximum Gasteiger partial charge on any atom is 0.233 e. The first-order valence-electron chi connectivity index (χ1n) is 4.50. The van der Waals surface area contributed by atoms with E-state index in [2.05, 4.69) is 15.2 Å². The van der Waals surface area contributed by atoms with Crippen LogP contribution in [-0.2, 0) is 0 Å². The Labute approximate surface area is 81.9 Å². The summed E-state index contributed by atoms with van der Waals surface area (Å²) in [5, 5.41) is 7.97. The summed E-state index contributed by atoms with van der Waals surface area (Å²) in [5.41, 5.74) is 1.78. The quantitative estimate of drug-likeness (QED) is 0.801. The second-order valence-electron chi connectivity index (χ2n) is 2.77. The van der Waals surface area contributed by atoms with Crippen LogP contribution in [0.1, 0.15) is 6.92 Å². The SMILES string of the molecule is CCOc1ccc(-c2ccc[nH]2)nn1. The van der Waals surface area contributed by atoms with Gasteiger partial charge >= 0.3 is 0 Å². The van der Waals surface area contributed by atoms with Gasteiger partial charge in [-0.2, -0.15) is 0 Å². The molecule has 4 heteroatoms. The Hall–Kier alpha value is -1.84. The molecule has 0 amide bonds. The second-order valence-corrected chi connectivity index (χ2v) is 2.77. The number of rotatable bonds is 3. The van der Waals surface area contributed by atoms with Crippen LogP contribution >= 0.6 is 0 Å². The van der Waals surface area contributed by atoms with Crippen molar-refractivity contribution in [3.63, 3.8) is 0 Å². The van der Waals surface area contributed by atoms with Crippen LogP contribution in [-0.4, -0.2) is 21.8 Å². The van der Waals surface area contributed by atoms with Crippen molar-refractivity contribution in [2.24, 2.45) is 0 Å². The van der Waals surface area contributed by atoms with E-state index in [-0.39, 0.29) is 0 Å². The number of ether oxygens (including phenoxy) is 1. The Morgan fingerprint density at radius 3 is 2.79 bits per heavy atom. The maximum absolute atomic E-state index is 5.19. The van der Waals surface area contributed by atoms with E-state index in [4.69, 9.17) is 4.74 Å². The van der Waals surface area contributed by atoms with E-state index in [0.29, 0.717) is 12.5 Å². The van der Waals surface area contributed by atoms with Gasteiger partial charge in [-0.1, -0.05) is 0 Å². The molecule has 0 aliphatic rings. The highest BCUT2D eigenvalue weighted by atomic mass is 16.5. The number of hydrogen-bond donors (Lipinski definition) is 1. The van der Waals surface area contributed by atoms with Gasteiger partial charge in [-0.3, -0.25) is 0 Å². The Balaban J connectivity index is 2.22. The van der Waals surface area contributed by atoms with Crippen molar-refractivity contribution in [3.05, 3.63) is 30.5 Å². The molecule has 0 spiro atoms. The molecule has 2 heterocycles. The summed E-state index contributed by atoms with van der Waals surface area (Å²) < 4.78 is 5.19. The van der Waals surface area contributed by atoms with Crippen molar-refractivity contribution in [2.45, 2.75) is 6.92 Å². The van der Waals surface area contributed by atoms with Crippen LogP contribution in [0.2, 0.25) is 0 Å². The monoisotopic (exact) mass is 189 g/mol. The molecule has 2 rings (SSSR count). The first kappa shape index (κ1) is 8.74. The van der Waals surface area contributed by atoms with Gasteiger partial charge in [-0.05, 0) is 25.1 Å². The minimum atomic E-state index is 0.558. The fourth-order valence-electron chi connectivity index (χ4n) is 1.18. The van der Waals surface area contributed by atoms with Gasteiger partial charge in [0, 0.05) is 12.3 Å². The van der Waals surface area contributed by atoms with Crippen LogP contribution in [0.25, 0.3) is 11.4 Å². The molecule has 0 unspecified atom stereocenters. The summed E-state index contributed by atoms with van der Waals surface area (Å²) in [5.74, 6) is 0.558. The summed E-state index contributed by atoms with van der Waals surface area (Å²) in [6.45, 7) is 2.52. The van der Waals surface area contributed by atoms with Crippen molar-refractivity contribution in [2.75, 3.05) is 6.61 Å². The summed E-state index contributed by atoms with van der Waals surface area (Å²) in [6.07, 6.45) is 1.85. The topological polar surface area (TPSA) is 50.8 Å². The molecule has 2 aromatic heterocycles. The lowest BCUT2D eigenvalue weighted by atomic mass is 10.3. The zero-order valence-electron chi connectivity index (χ0n) is 7.90. The largest absolute Gasteiger partial charge is 0.477 e. The minimum absolute atomic E-state index is 0.558. The third-order valence-electron chi connectivity index (χ3n) is 1.81. The molecule has 0 fully saturated rings. The highest BCUT2D eigenvalue weighted by Crippen LogP contribution is 2.14. The van der Waals surface area contributed by atoms with Gasteiger partial charge in [0.2, 0.25) is 5.88 Å². The molecule has 0 atom stereocenters. The van der Waals surface area contributed by atoms with Crippen molar-refractivity contribution in [3.8, 4) is 17.3 Å². The molecule has 0 aliphatic carbocycles. The maximum atomic E-state index is 5.19. The highest BCUT2D eigenvalue weighted by Gasteiger charge is 2.00. The van der Waals surface area contributed by atoms with Crippen LogP contribution in [0.3, 0.4) is 0 Å². The fourth-order valence-corrected chi connectivity index (χ4v) is 1.18. The van der Waals surface area contributed by atoms with E-state index in [0.717, 1.165) is 11.4 Å². The molecule has 0 saturated heterocycles. The van der Waals surface area contributed by atoms with E-state index in [1.165, 1.54) is 0 Å². The Bertz CT molecular complexity index is 380. The molecule has 0 saturated carbocycles. The number of hydrogen-bond acceptors (Lipinski definition) is 3. The second kappa shape index (κ2) is 3.91. The molecule has 1 N–H and O–H groups in total. The Morgan fingerprint density at radius 2 is 2.21 bits per heavy atom. The van der Waals surface area contributed by atoms with E-state index in [1.54, 1.807) is 0 Å². The van der Waals surface area contributed by atoms with Gasteiger partial charge in [-0.25, -0.2) is 0 Å². The molecule has 0 radical (unpaired) electrons. The summed E-state index contributed by atoms with van der Waals surface area (Å²) >= 11 is 0. The first-order chi connectivity index (χ1) is 6.90. The van der Waals surface area contributed by atoms with Gasteiger partial charge in [0.1, 0.15) is 5.69 Å². The predicted molar refractivity (Wildman–Crippen MR) is 53.0 cm³/mol. The average molecular weight is 189 g/mol. The average Bonchev–Trinajstić information content (AvgIpc) is 2.72. The molecule has 4 nitrogen and oxygen atoms in total. The van der Waals surface area contributed by atoms with Gasteiger partial charge in [0.15, 0.2) is 0 Å². The summed E-state index contributed by atoms with van der Waals surface area (Å²) in [6, 6.07) is 7.56. The number of H-pyrrole nitrogens is 1. The fraction of sp³-hybridized carbons (Fsp3) is 0.200. The molecular formula is C10H11N3O. The number of nitrogens with zero attached hydrogens (tertiary/aromatic N) is 2. The van der Waals surface area contributed by atoms with Crippen molar-refractivity contribution in [1.29, 1.82) is 0 Å². The lowest BCUT2D eigenvalue weighted by Gasteiger charge is -2.00. The van der Waals surface area contributed by atoms with E-state index in [9.17, 15) is 0 Å². The predicted octanol–water partition coefficient (Wildman–Crippen LogP) is 1.87. The van der Waals surface area contributed by atoms with Crippen molar-refractivity contribution in [1.82, 2.24) is 15.2 Å². The molecule has 0 bridgehead atoms. The van der Waals surface area contributed by atoms with Crippen LogP contribution in [0.4, 0.5) is 0 Å². The van der Waals surface area contributed by atoms with Crippen LogP contribution in [0.15, 0.2) is 30.5 Å². The lowest BCUT2D eigenvalue weighted by Crippen LogP contribution is -1.96. The van der Waals surface area contributed by atoms with Gasteiger partial charge in [0.25, 0.3) is 0 Å². The van der Waals surface area contributed by atoms with Gasteiger partial charge in [-0.15, -0.1) is 10.2 Å². The smallest absolute Gasteiger partial charge is 0.233 e. The standard InChI is InChI=1S/C10H11N3O/c1-2-14-10-6-5-9(12-13-10)8-4-3-7-11-8/h3-7,11H,2H2,1H3. The van der Waals surface area contributed by atoms with Crippen LogP contribution < -0.4 is 4.74 Å². The zero-order chi connectivity index (χ0) is 9.80. The van der Waals surface area contributed by atoms with Gasteiger partial charge < -0.3 is 9.72 Å². The molecule has 2 aromatic rings. The van der Waals surface area contributed by atoms with Crippen molar-refractivity contribution < 1.29 is 4.74 Å². The third-order valence-corrected chi connectivity index (χ3v) is 1.81. The third kappa shape index (κ3) is 1.74. The number of aromatic nitrogens is 3. The van der Waals surface area contributed by atoms with E-state index < -0.39 is 0 Å². The minimum Gasteiger partial charge on any atom is -0.477 e. The van der Waals surface area contributed by atoms with E-state index in [1.807, 2.05) is 37.4 Å². The van der Waals surface area contributed by atoms with E-state index >= 15 is 0 Å². The van der Waals surface area contributed by atoms with Gasteiger partial charge in [0.05, 0.1) is 12.3 Å². The highest BCUT2D eigenvalue weighted by molar-refractivity contribution is 5.53. The Kier molecular flexibility index (Phi) is 2.44. The number of nitrogens with one attached hydrogen (secondary N) is 1. The molecular weight excluding hydrogens is 178 g/mol. The summed E-state index contributed by atoms with van der Waals surface area (Å²) in [7, 11) is 0. The summed E-state index contributed by atoms with van der Waals surface area (Å²) in [4.78, 5) is 3.06. The first-order valence-corrected chi connectivity index (χ1v) is 4.50. The van der Waals surface area contributed by atoms with Crippen molar-refractivity contribution >= 4 is 0 Å². The molecule has 72 valence electrons. The lowest BCUT2D eigenvalue weighted by molar-refractivity contribution is 0.323. The molecule has 0 aliphatic heterocycles. The van der Waals surface area contributed by atoms with Crippen LogP contribution in [0, 0.1) is 0 Å². The molecule has 14 heavy (non-hydrogen) atoms. The zero-order valence-corrected chi connectivity index (χ0v) is 7.90. The van der Waals surface area contributed by atoms with Crippen LogP contribution in [0.5, 0.6) is 5.88 Å². The molecule has 0 aromatic carbocycles. The Morgan fingerprint density at radius 1 is 1.29 bits per heavy atom. The number of aromatic amines is 1.